The highest BCUT2D eigenvalue weighted by molar-refractivity contribution is 5.95. The SMILES string of the molecule is CCCNc1cc(C(=O)NCC(C)(C)C)cc(CC)n1. The molecule has 20 heavy (non-hydrogen) atoms. The van der Waals surface area contributed by atoms with Gasteiger partial charge in [-0.1, -0.05) is 34.6 Å². The zero-order valence-corrected chi connectivity index (χ0v) is 13.3. The van der Waals surface area contributed by atoms with Crippen LogP contribution in [0.2, 0.25) is 0 Å². The molecule has 1 aromatic rings. The third-order valence-corrected chi connectivity index (χ3v) is 2.84. The number of pyridine rings is 1. The summed E-state index contributed by atoms with van der Waals surface area (Å²) < 4.78 is 0. The number of hydrogen-bond acceptors (Lipinski definition) is 3. The average molecular weight is 277 g/mol. The minimum atomic E-state index is -0.0310. The second kappa shape index (κ2) is 7.27. The highest BCUT2D eigenvalue weighted by Crippen LogP contribution is 2.14. The number of aryl methyl sites for hydroxylation is 1. The van der Waals surface area contributed by atoms with Gasteiger partial charge < -0.3 is 10.6 Å². The number of carbonyl (C=O) groups is 1. The highest BCUT2D eigenvalue weighted by Gasteiger charge is 2.14. The summed E-state index contributed by atoms with van der Waals surface area (Å²) in [6, 6.07) is 3.70. The Morgan fingerprint density at radius 1 is 1.25 bits per heavy atom. The van der Waals surface area contributed by atoms with Gasteiger partial charge in [0.15, 0.2) is 0 Å². The van der Waals surface area contributed by atoms with Crippen molar-refractivity contribution in [2.75, 3.05) is 18.4 Å². The van der Waals surface area contributed by atoms with Crippen LogP contribution in [0.3, 0.4) is 0 Å². The van der Waals surface area contributed by atoms with Gasteiger partial charge in [0.25, 0.3) is 5.91 Å². The summed E-state index contributed by atoms with van der Waals surface area (Å²) in [5.74, 6) is 0.753. The summed E-state index contributed by atoms with van der Waals surface area (Å²) in [4.78, 5) is 16.7. The molecule has 0 spiro atoms. The zero-order valence-electron chi connectivity index (χ0n) is 13.3. The van der Waals surface area contributed by atoms with Gasteiger partial charge in [-0.05, 0) is 30.4 Å². The van der Waals surface area contributed by atoms with Gasteiger partial charge in [-0.15, -0.1) is 0 Å². The molecule has 4 heteroatoms. The first-order valence-electron chi connectivity index (χ1n) is 7.38. The molecule has 1 rings (SSSR count). The van der Waals surface area contributed by atoms with Crippen molar-refractivity contribution >= 4 is 11.7 Å². The van der Waals surface area contributed by atoms with Crippen molar-refractivity contribution in [3.63, 3.8) is 0 Å². The first-order chi connectivity index (χ1) is 9.35. The molecule has 0 aliphatic rings. The summed E-state index contributed by atoms with van der Waals surface area (Å²) in [7, 11) is 0. The number of hydrogen-bond donors (Lipinski definition) is 2. The predicted molar refractivity (Wildman–Crippen MR) is 84.2 cm³/mol. The Hall–Kier alpha value is -1.58. The van der Waals surface area contributed by atoms with Gasteiger partial charge in [-0.25, -0.2) is 4.98 Å². The summed E-state index contributed by atoms with van der Waals surface area (Å²) >= 11 is 0. The molecule has 1 heterocycles. The van der Waals surface area contributed by atoms with Crippen LogP contribution in [0.5, 0.6) is 0 Å². The van der Waals surface area contributed by atoms with E-state index in [1.54, 1.807) is 0 Å². The fourth-order valence-corrected chi connectivity index (χ4v) is 1.69. The van der Waals surface area contributed by atoms with Crippen LogP contribution in [0.1, 0.15) is 57.1 Å². The van der Waals surface area contributed by atoms with Crippen LogP contribution in [0.15, 0.2) is 12.1 Å². The Kier molecular flexibility index (Phi) is 5.99. The molecule has 4 nitrogen and oxygen atoms in total. The average Bonchev–Trinajstić information content (AvgIpc) is 2.41. The van der Waals surface area contributed by atoms with E-state index in [0.29, 0.717) is 12.1 Å². The van der Waals surface area contributed by atoms with Gasteiger partial charge in [0, 0.05) is 24.3 Å². The van der Waals surface area contributed by atoms with E-state index in [1.807, 2.05) is 19.1 Å². The van der Waals surface area contributed by atoms with E-state index in [9.17, 15) is 4.79 Å². The van der Waals surface area contributed by atoms with Gasteiger partial charge in [0.05, 0.1) is 0 Å². The lowest BCUT2D eigenvalue weighted by atomic mass is 9.97. The number of carbonyl (C=O) groups excluding carboxylic acids is 1. The molecule has 0 aliphatic heterocycles. The molecule has 0 fully saturated rings. The molecule has 1 aromatic heterocycles. The molecule has 0 atom stereocenters. The lowest BCUT2D eigenvalue weighted by molar-refractivity contribution is 0.0939. The van der Waals surface area contributed by atoms with Crippen LogP contribution in [-0.4, -0.2) is 24.0 Å². The molecule has 0 saturated heterocycles. The van der Waals surface area contributed by atoms with Crippen LogP contribution in [-0.2, 0) is 6.42 Å². The van der Waals surface area contributed by atoms with Crippen molar-refractivity contribution in [2.45, 2.75) is 47.5 Å². The third kappa shape index (κ3) is 5.59. The molecule has 0 unspecified atom stereocenters. The van der Waals surface area contributed by atoms with Gasteiger partial charge >= 0.3 is 0 Å². The van der Waals surface area contributed by atoms with Crippen molar-refractivity contribution in [3.05, 3.63) is 23.4 Å². The maximum Gasteiger partial charge on any atom is 0.251 e. The fourth-order valence-electron chi connectivity index (χ4n) is 1.69. The summed E-state index contributed by atoms with van der Waals surface area (Å²) in [6.45, 7) is 12.0. The lowest BCUT2D eigenvalue weighted by Crippen LogP contribution is -2.32. The van der Waals surface area contributed by atoms with E-state index in [-0.39, 0.29) is 11.3 Å². The molecular formula is C16H27N3O. The van der Waals surface area contributed by atoms with Gasteiger partial charge in [0.1, 0.15) is 5.82 Å². The standard InChI is InChI=1S/C16H27N3O/c1-6-8-17-14-10-12(9-13(7-2)19-14)15(20)18-11-16(3,4)5/h9-10H,6-8,11H2,1-5H3,(H,17,19)(H,18,20). The number of amides is 1. The number of anilines is 1. The second-order valence-electron chi connectivity index (χ2n) is 6.26. The minimum Gasteiger partial charge on any atom is -0.370 e. The second-order valence-corrected chi connectivity index (χ2v) is 6.26. The van der Waals surface area contributed by atoms with Crippen molar-refractivity contribution in [1.82, 2.24) is 10.3 Å². The smallest absolute Gasteiger partial charge is 0.251 e. The van der Waals surface area contributed by atoms with Gasteiger partial charge in [0.2, 0.25) is 0 Å². The number of rotatable bonds is 6. The monoisotopic (exact) mass is 277 g/mol. The fraction of sp³-hybridized carbons (Fsp3) is 0.625. The Balaban J connectivity index is 2.84. The molecule has 2 N–H and O–H groups in total. The quantitative estimate of drug-likeness (QED) is 0.839. The number of aromatic nitrogens is 1. The maximum atomic E-state index is 12.2. The Morgan fingerprint density at radius 3 is 2.50 bits per heavy atom. The van der Waals surface area contributed by atoms with Gasteiger partial charge in [-0.2, -0.15) is 0 Å². The maximum absolute atomic E-state index is 12.2. The van der Waals surface area contributed by atoms with Crippen LogP contribution in [0.25, 0.3) is 0 Å². The van der Waals surface area contributed by atoms with Crippen molar-refractivity contribution < 1.29 is 4.79 Å². The van der Waals surface area contributed by atoms with Crippen LogP contribution >= 0.6 is 0 Å². The van der Waals surface area contributed by atoms with Crippen molar-refractivity contribution in [3.8, 4) is 0 Å². The van der Waals surface area contributed by atoms with Crippen molar-refractivity contribution in [1.29, 1.82) is 0 Å². The Bertz CT molecular complexity index is 450. The molecular weight excluding hydrogens is 250 g/mol. The van der Waals surface area contributed by atoms with Crippen LogP contribution in [0.4, 0.5) is 5.82 Å². The topological polar surface area (TPSA) is 54.0 Å². The van der Waals surface area contributed by atoms with E-state index in [1.165, 1.54) is 0 Å². The molecule has 0 aromatic carbocycles. The third-order valence-electron chi connectivity index (χ3n) is 2.84. The minimum absolute atomic E-state index is 0.0310. The molecule has 0 saturated carbocycles. The van der Waals surface area contributed by atoms with E-state index in [0.717, 1.165) is 30.9 Å². The first kappa shape index (κ1) is 16.5. The van der Waals surface area contributed by atoms with E-state index >= 15 is 0 Å². The van der Waals surface area contributed by atoms with E-state index < -0.39 is 0 Å². The molecule has 112 valence electrons. The van der Waals surface area contributed by atoms with E-state index in [2.05, 4.69) is 43.3 Å². The molecule has 0 radical (unpaired) electrons. The predicted octanol–water partition coefficient (Wildman–Crippen LogP) is 3.24. The molecule has 0 aliphatic carbocycles. The van der Waals surface area contributed by atoms with Crippen molar-refractivity contribution in [2.24, 2.45) is 5.41 Å². The summed E-state index contributed by atoms with van der Waals surface area (Å²) in [6.07, 6.45) is 1.85. The largest absolute Gasteiger partial charge is 0.370 e. The highest BCUT2D eigenvalue weighted by atomic mass is 16.1. The van der Waals surface area contributed by atoms with Crippen LogP contribution in [0, 0.1) is 5.41 Å². The lowest BCUT2D eigenvalue weighted by Gasteiger charge is -2.19. The Labute approximate surface area is 122 Å². The van der Waals surface area contributed by atoms with E-state index in [4.69, 9.17) is 0 Å². The normalized spacial score (nSPS) is 11.2. The number of nitrogens with zero attached hydrogens (tertiary/aromatic N) is 1. The van der Waals surface area contributed by atoms with Gasteiger partial charge in [-0.3, -0.25) is 4.79 Å². The number of nitrogens with one attached hydrogen (secondary N) is 2. The summed E-state index contributed by atoms with van der Waals surface area (Å²) in [5, 5.41) is 6.22. The zero-order chi connectivity index (χ0) is 15.2. The molecule has 1 amide bonds. The van der Waals surface area contributed by atoms with Crippen LogP contribution < -0.4 is 10.6 Å². The molecule has 0 bridgehead atoms. The summed E-state index contributed by atoms with van der Waals surface area (Å²) in [5.41, 5.74) is 1.70. The Morgan fingerprint density at radius 2 is 1.95 bits per heavy atom. The first-order valence-corrected chi connectivity index (χ1v) is 7.38.